The van der Waals surface area contributed by atoms with Gasteiger partial charge in [-0.2, -0.15) is 0 Å². The molecule has 2 aliphatic carbocycles. The van der Waals surface area contributed by atoms with E-state index in [4.69, 9.17) is 0 Å². The maximum Gasteiger partial charge on any atom is 0.233 e. The van der Waals surface area contributed by atoms with Crippen LogP contribution in [0.1, 0.15) is 24.0 Å². The van der Waals surface area contributed by atoms with Crippen molar-refractivity contribution >= 4 is 39.3 Å². The predicted octanol–water partition coefficient (Wildman–Crippen LogP) is 3.20. The van der Waals surface area contributed by atoms with Crippen molar-refractivity contribution in [2.75, 3.05) is 11.9 Å². The number of carbonyl (C=O) groups excluding carboxylic acids is 3. The van der Waals surface area contributed by atoms with E-state index in [1.807, 2.05) is 26.0 Å². The highest BCUT2D eigenvalue weighted by Crippen LogP contribution is 2.52. The van der Waals surface area contributed by atoms with Crippen LogP contribution in [-0.2, 0) is 14.4 Å². The van der Waals surface area contributed by atoms with Crippen molar-refractivity contribution in [1.29, 1.82) is 0 Å². The molecule has 0 unspecified atom stereocenters. The summed E-state index contributed by atoms with van der Waals surface area (Å²) in [4.78, 5) is 38.9. The van der Waals surface area contributed by atoms with Crippen molar-refractivity contribution in [2.24, 2.45) is 23.7 Å². The third-order valence-electron chi connectivity index (χ3n) is 5.90. The van der Waals surface area contributed by atoms with Crippen LogP contribution in [0.15, 0.2) is 28.8 Å². The van der Waals surface area contributed by atoms with Crippen LogP contribution in [0.5, 0.6) is 0 Å². The fourth-order valence-corrected chi connectivity index (χ4v) is 4.98. The number of nitrogens with one attached hydrogen (secondary N) is 1. The summed E-state index contributed by atoms with van der Waals surface area (Å²) in [6.07, 6.45) is 5.19. The molecular weight excluding hydrogens is 396 g/mol. The van der Waals surface area contributed by atoms with Crippen LogP contribution >= 0.6 is 15.9 Å². The zero-order valence-corrected chi connectivity index (χ0v) is 16.4. The molecule has 1 saturated carbocycles. The van der Waals surface area contributed by atoms with Gasteiger partial charge in [0.05, 0.1) is 11.8 Å². The molecule has 136 valence electrons. The number of hydrogen-bond acceptors (Lipinski definition) is 3. The minimum absolute atomic E-state index is 0.0969. The molecule has 3 amide bonds. The van der Waals surface area contributed by atoms with Crippen molar-refractivity contribution < 1.29 is 14.4 Å². The molecule has 6 heteroatoms. The van der Waals surface area contributed by atoms with Crippen LogP contribution < -0.4 is 5.32 Å². The summed E-state index contributed by atoms with van der Waals surface area (Å²) in [5.74, 6) is -0.370. The molecule has 26 heavy (non-hydrogen) atoms. The summed E-state index contributed by atoms with van der Waals surface area (Å²) in [7, 11) is 0. The molecule has 3 aliphatic rings. The van der Waals surface area contributed by atoms with Gasteiger partial charge in [0.15, 0.2) is 0 Å². The van der Waals surface area contributed by atoms with E-state index in [1.165, 1.54) is 4.90 Å². The second-order valence-corrected chi connectivity index (χ2v) is 8.40. The predicted molar refractivity (Wildman–Crippen MR) is 101 cm³/mol. The summed E-state index contributed by atoms with van der Waals surface area (Å²) in [6, 6.07) is 3.87. The van der Waals surface area contributed by atoms with Crippen molar-refractivity contribution in [3.63, 3.8) is 0 Å². The number of nitrogens with zero attached hydrogens (tertiary/aromatic N) is 1. The molecule has 1 aromatic carbocycles. The van der Waals surface area contributed by atoms with Gasteiger partial charge in [0.2, 0.25) is 17.7 Å². The molecule has 0 spiro atoms. The van der Waals surface area contributed by atoms with Gasteiger partial charge in [0, 0.05) is 23.1 Å². The maximum atomic E-state index is 12.6. The number of likely N-dealkylation sites (tertiary alicyclic amines) is 1. The lowest BCUT2D eigenvalue weighted by atomic mass is 9.85. The van der Waals surface area contributed by atoms with Gasteiger partial charge < -0.3 is 5.32 Å². The highest BCUT2D eigenvalue weighted by Gasteiger charge is 2.58. The Morgan fingerprint density at radius 1 is 1.12 bits per heavy atom. The summed E-state index contributed by atoms with van der Waals surface area (Å²) in [5, 5.41) is 2.89. The van der Waals surface area contributed by atoms with Gasteiger partial charge >= 0.3 is 0 Å². The Bertz CT molecular complexity index is 818. The molecule has 0 radical (unpaired) electrons. The molecular formula is C20H21BrN2O3. The van der Waals surface area contributed by atoms with Crippen LogP contribution in [0.2, 0.25) is 0 Å². The Balaban J connectivity index is 1.39. The first-order valence-corrected chi connectivity index (χ1v) is 9.76. The maximum absolute atomic E-state index is 12.6. The van der Waals surface area contributed by atoms with Gasteiger partial charge in [-0.1, -0.05) is 28.1 Å². The minimum atomic E-state index is -0.197. The van der Waals surface area contributed by atoms with E-state index in [0.717, 1.165) is 27.7 Å². The van der Waals surface area contributed by atoms with Crippen LogP contribution in [0.25, 0.3) is 0 Å². The van der Waals surface area contributed by atoms with Crippen molar-refractivity contribution in [3.8, 4) is 0 Å². The highest BCUT2D eigenvalue weighted by atomic mass is 79.9. The third kappa shape index (κ3) is 2.71. The lowest BCUT2D eigenvalue weighted by Crippen LogP contribution is -2.35. The van der Waals surface area contributed by atoms with Crippen molar-refractivity contribution in [1.82, 2.24) is 4.90 Å². The van der Waals surface area contributed by atoms with Crippen LogP contribution in [-0.4, -0.2) is 29.2 Å². The average Bonchev–Trinajstić information content (AvgIpc) is 3.26. The molecule has 4 rings (SSSR count). The number of imide groups is 1. The van der Waals surface area contributed by atoms with Crippen LogP contribution in [0, 0.1) is 37.5 Å². The molecule has 2 bridgehead atoms. The highest BCUT2D eigenvalue weighted by molar-refractivity contribution is 9.10. The Morgan fingerprint density at radius 2 is 1.73 bits per heavy atom. The number of rotatable bonds is 4. The van der Waals surface area contributed by atoms with Gasteiger partial charge in [-0.05, 0) is 55.4 Å². The molecule has 1 saturated heterocycles. The van der Waals surface area contributed by atoms with Gasteiger partial charge in [-0.3, -0.25) is 19.3 Å². The Kier molecular flexibility index (Phi) is 4.26. The number of carbonyl (C=O) groups is 3. The molecule has 1 aromatic rings. The van der Waals surface area contributed by atoms with Crippen molar-refractivity contribution in [2.45, 2.75) is 26.7 Å². The normalized spacial score (nSPS) is 28.8. The number of hydrogen-bond donors (Lipinski definition) is 1. The molecule has 1 aliphatic heterocycles. The van der Waals surface area contributed by atoms with E-state index in [0.29, 0.717) is 0 Å². The van der Waals surface area contributed by atoms with Crippen molar-refractivity contribution in [3.05, 3.63) is 39.9 Å². The smallest absolute Gasteiger partial charge is 0.233 e. The van der Waals surface area contributed by atoms with E-state index < -0.39 is 0 Å². The number of amides is 3. The fourth-order valence-electron chi connectivity index (χ4n) is 4.53. The Labute approximate surface area is 160 Å². The summed E-state index contributed by atoms with van der Waals surface area (Å²) in [5.41, 5.74) is 2.75. The minimum Gasteiger partial charge on any atom is -0.326 e. The van der Waals surface area contributed by atoms with Gasteiger partial charge in [-0.15, -0.1) is 0 Å². The second-order valence-electron chi connectivity index (χ2n) is 7.54. The molecule has 1 N–H and O–H groups in total. The lowest BCUT2D eigenvalue weighted by Gasteiger charge is -2.17. The van der Waals surface area contributed by atoms with Gasteiger partial charge in [0.1, 0.15) is 0 Å². The number of anilines is 1. The number of fused-ring (bicyclic) bond motifs is 5. The average molecular weight is 417 g/mol. The first kappa shape index (κ1) is 17.5. The number of halogens is 1. The SMILES string of the molecule is Cc1cc(NC(=O)CCN2C(=O)[C@@H]3[C@@H](C2=O)[C@H]2C=C[C@@H]3C2)c(C)cc1Br. The van der Waals surface area contributed by atoms with E-state index in [1.54, 1.807) is 0 Å². The van der Waals surface area contributed by atoms with E-state index >= 15 is 0 Å². The molecule has 5 nitrogen and oxygen atoms in total. The largest absolute Gasteiger partial charge is 0.326 e. The first-order chi connectivity index (χ1) is 12.4. The molecule has 2 fully saturated rings. The quantitative estimate of drug-likeness (QED) is 0.605. The molecule has 0 aromatic heterocycles. The Morgan fingerprint density at radius 3 is 2.35 bits per heavy atom. The van der Waals surface area contributed by atoms with Crippen LogP contribution in [0.4, 0.5) is 5.69 Å². The van der Waals surface area contributed by atoms with Gasteiger partial charge in [-0.25, -0.2) is 0 Å². The first-order valence-electron chi connectivity index (χ1n) is 8.97. The second kappa shape index (κ2) is 6.34. The zero-order chi connectivity index (χ0) is 18.6. The summed E-state index contributed by atoms with van der Waals surface area (Å²) >= 11 is 3.47. The van der Waals surface area contributed by atoms with E-state index in [-0.39, 0.29) is 54.4 Å². The lowest BCUT2D eigenvalue weighted by molar-refractivity contribution is -0.140. The monoisotopic (exact) mass is 416 g/mol. The Hall–Kier alpha value is -1.95. The molecule has 4 atom stereocenters. The fraction of sp³-hybridized carbons (Fsp3) is 0.450. The van der Waals surface area contributed by atoms with E-state index in [9.17, 15) is 14.4 Å². The van der Waals surface area contributed by atoms with Gasteiger partial charge in [0.25, 0.3) is 0 Å². The molecule has 1 heterocycles. The summed E-state index contributed by atoms with van der Waals surface area (Å²) < 4.78 is 0.996. The number of allylic oxidation sites excluding steroid dienone is 2. The number of benzene rings is 1. The van der Waals surface area contributed by atoms with E-state index in [2.05, 4.69) is 33.4 Å². The van der Waals surface area contributed by atoms with Crippen LogP contribution in [0.3, 0.4) is 0 Å². The third-order valence-corrected chi connectivity index (χ3v) is 6.76. The standard InChI is InChI=1S/C20H21BrN2O3/c1-10-8-15(11(2)7-14(10)21)22-16(24)5-6-23-19(25)17-12-3-4-13(9-12)18(17)20(23)26/h3-4,7-8,12-13,17-18H,5-6,9H2,1-2H3,(H,22,24)/t12-,13+,17-,18-/m0/s1. The zero-order valence-electron chi connectivity index (χ0n) is 14.8. The number of aryl methyl sites for hydroxylation is 2. The summed E-state index contributed by atoms with van der Waals surface area (Å²) in [6.45, 7) is 4.05. The topological polar surface area (TPSA) is 66.5 Å².